The third kappa shape index (κ3) is 3.74. The molecule has 0 saturated heterocycles. The van der Waals surface area contributed by atoms with E-state index in [4.69, 9.17) is 9.47 Å². The minimum Gasteiger partial charge on any atom is -0.457 e. The number of hydrogen-bond acceptors (Lipinski definition) is 4. The fraction of sp³-hybridized carbons (Fsp3) is 0.100. The number of aliphatic hydroxyl groups is 2. The van der Waals surface area contributed by atoms with Gasteiger partial charge in [-0.3, -0.25) is 0 Å². The Labute approximate surface area is 140 Å². The van der Waals surface area contributed by atoms with Gasteiger partial charge in [-0.2, -0.15) is 0 Å². The molecule has 3 aromatic carbocycles. The van der Waals surface area contributed by atoms with Crippen LogP contribution in [0.3, 0.4) is 0 Å². The van der Waals surface area contributed by atoms with Crippen LogP contribution in [0.1, 0.15) is 11.1 Å². The van der Waals surface area contributed by atoms with Crippen LogP contribution in [0.2, 0.25) is 0 Å². The molecular weight excluding hydrogens is 304 g/mol. The molecule has 0 radical (unpaired) electrons. The van der Waals surface area contributed by atoms with Crippen molar-refractivity contribution < 1.29 is 19.7 Å². The normalized spacial score (nSPS) is 10.4. The molecule has 24 heavy (non-hydrogen) atoms. The van der Waals surface area contributed by atoms with Crippen molar-refractivity contribution in [1.82, 2.24) is 0 Å². The molecule has 0 aliphatic heterocycles. The highest BCUT2D eigenvalue weighted by Gasteiger charge is 2.07. The minimum atomic E-state index is -0.0871. The molecule has 0 amide bonds. The Morgan fingerprint density at radius 2 is 1.04 bits per heavy atom. The van der Waals surface area contributed by atoms with Crippen LogP contribution in [0.4, 0.5) is 0 Å². The van der Waals surface area contributed by atoms with E-state index in [1.54, 1.807) is 18.2 Å². The first-order chi connectivity index (χ1) is 11.8. The van der Waals surface area contributed by atoms with Crippen LogP contribution in [0.5, 0.6) is 23.0 Å². The summed E-state index contributed by atoms with van der Waals surface area (Å²) in [5.74, 6) is 2.42. The number of aliphatic hydroxyl groups excluding tert-OH is 2. The van der Waals surface area contributed by atoms with Gasteiger partial charge in [0.05, 0.1) is 13.2 Å². The average Bonchev–Trinajstić information content (AvgIpc) is 2.63. The lowest BCUT2D eigenvalue weighted by Crippen LogP contribution is -1.93. The molecule has 0 aliphatic carbocycles. The second-order valence-electron chi connectivity index (χ2n) is 5.21. The molecule has 0 spiro atoms. The molecule has 0 unspecified atom stereocenters. The predicted molar refractivity (Wildman–Crippen MR) is 91.3 cm³/mol. The van der Waals surface area contributed by atoms with E-state index in [2.05, 4.69) is 0 Å². The SMILES string of the molecule is OCc1ccccc1Oc1cccc(Oc2ccccc2CO)c1. The van der Waals surface area contributed by atoms with Gasteiger partial charge in [-0.25, -0.2) is 0 Å². The van der Waals surface area contributed by atoms with Crippen molar-refractivity contribution in [2.24, 2.45) is 0 Å². The van der Waals surface area contributed by atoms with Crippen molar-refractivity contribution in [2.45, 2.75) is 13.2 Å². The summed E-state index contributed by atoms with van der Waals surface area (Å²) >= 11 is 0. The zero-order valence-corrected chi connectivity index (χ0v) is 13.1. The summed E-state index contributed by atoms with van der Waals surface area (Å²) in [7, 11) is 0. The van der Waals surface area contributed by atoms with Crippen molar-refractivity contribution in [2.75, 3.05) is 0 Å². The van der Waals surface area contributed by atoms with Gasteiger partial charge in [0.2, 0.25) is 0 Å². The van der Waals surface area contributed by atoms with Gasteiger partial charge < -0.3 is 19.7 Å². The van der Waals surface area contributed by atoms with Gasteiger partial charge in [0.1, 0.15) is 23.0 Å². The number of rotatable bonds is 6. The Morgan fingerprint density at radius 1 is 0.583 bits per heavy atom. The Morgan fingerprint density at radius 3 is 1.50 bits per heavy atom. The lowest BCUT2D eigenvalue weighted by molar-refractivity contribution is 0.276. The fourth-order valence-corrected chi connectivity index (χ4v) is 2.32. The Hall–Kier alpha value is -2.82. The van der Waals surface area contributed by atoms with Gasteiger partial charge in [0.15, 0.2) is 0 Å². The van der Waals surface area contributed by atoms with Gasteiger partial charge in [-0.1, -0.05) is 42.5 Å². The highest BCUT2D eigenvalue weighted by molar-refractivity contribution is 5.43. The van der Waals surface area contributed by atoms with Crippen LogP contribution in [0.15, 0.2) is 72.8 Å². The topological polar surface area (TPSA) is 58.9 Å². The summed E-state index contributed by atoms with van der Waals surface area (Å²) in [4.78, 5) is 0. The minimum absolute atomic E-state index is 0.0871. The average molecular weight is 322 g/mol. The van der Waals surface area contributed by atoms with E-state index in [1.807, 2.05) is 54.6 Å². The third-order valence-electron chi connectivity index (χ3n) is 3.55. The molecule has 0 bridgehead atoms. The Bertz CT molecular complexity index is 749. The maximum Gasteiger partial charge on any atom is 0.132 e. The largest absolute Gasteiger partial charge is 0.457 e. The van der Waals surface area contributed by atoms with Crippen molar-refractivity contribution in [3.05, 3.63) is 83.9 Å². The summed E-state index contributed by atoms with van der Waals surface area (Å²) in [5, 5.41) is 18.8. The quantitative estimate of drug-likeness (QED) is 0.712. The summed E-state index contributed by atoms with van der Waals surface area (Å²) in [5.41, 5.74) is 1.43. The first-order valence-corrected chi connectivity index (χ1v) is 7.63. The highest BCUT2D eigenvalue weighted by atomic mass is 16.5. The van der Waals surface area contributed by atoms with Gasteiger partial charge in [0.25, 0.3) is 0 Å². The molecule has 122 valence electrons. The standard InChI is InChI=1S/C20H18O4/c21-13-15-6-1-3-10-19(15)23-17-8-5-9-18(12-17)24-20-11-4-2-7-16(20)14-22/h1-12,21-22H,13-14H2. The summed E-state index contributed by atoms with van der Waals surface area (Å²) in [6, 6.07) is 21.9. The molecule has 0 fully saturated rings. The number of hydrogen-bond donors (Lipinski definition) is 2. The van der Waals surface area contributed by atoms with Gasteiger partial charge in [0, 0.05) is 17.2 Å². The van der Waals surface area contributed by atoms with E-state index in [0.29, 0.717) is 23.0 Å². The molecule has 0 heterocycles. The molecule has 2 N–H and O–H groups in total. The number of benzene rings is 3. The van der Waals surface area contributed by atoms with Crippen molar-refractivity contribution >= 4 is 0 Å². The Kier molecular flexibility index (Phi) is 5.11. The van der Waals surface area contributed by atoms with Gasteiger partial charge in [-0.05, 0) is 24.3 Å². The molecule has 3 aromatic rings. The zero-order chi connectivity index (χ0) is 16.8. The van der Waals surface area contributed by atoms with E-state index < -0.39 is 0 Å². The first-order valence-electron chi connectivity index (χ1n) is 7.63. The molecule has 0 saturated carbocycles. The fourth-order valence-electron chi connectivity index (χ4n) is 2.32. The highest BCUT2D eigenvalue weighted by Crippen LogP contribution is 2.31. The zero-order valence-electron chi connectivity index (χ0n) is 13.1. The summed E-state index contributed by atoms with van der Waals surface area (Å²) < 4.78 is 11.7. The Balaban J connectivity index is 1.82. The van der Waals surface area contributed by atoms with E-state index in [9.17, 15) is 10.2 Å². The molecule has 0 aliphatic rings. The molecule has 3 rings (SSSR count). The molecule has 0 aromatic heterocycles. The second kappa shape index (κ2) is 7.64. The van der Waals surface area contributed by atoms with Crippen LogP contribution in [0, 0.1) is 0 Å². The number of para-hydroxylation sites is 2. The van der Waals surface area contributed by atoms with Gasteiger partial charge in [-0.15, -0.1) is 0 Å². The van der Waals surface area contributed by atoms with E-state index >= 15 is 0 Å². The monoisotopic (exact) mass is 322 g/mol. The molecular formula is C20H18O4. The van der Waals surface area contributed by atoms with Crippen molar-refractivity contribution in [3.8, 4) is 23.0 Å². The lowest BCUT2D eigenvalue weighted by Gasteiger charge is -2.12. The summed E-state index contributed by atoms with van der Waals surface area (Å²) in [6.07, 6.45) is 0. The maximum absolute atomic E-state index is 9.38. The van der Waals surface area contributed by atoms with Gasteiger partial charge >= 0.3 is 0 Å². The predicted octanol–water partition coefficient (Wildman–Crippen LogP) is 4.26. The second-order valence-corrected chi connectivity index (χ2v) is 5.21. The van der Waals surface area contributed by atoms with Crippen molar-refractivity contribution in [3.63, 3.8) is 0 Å². The van der Waals surface area contributed by atoms with Crippen LogP contribution >= 0.6 is 0 Å². The maximum atomic E-state index is 9.38. The van der Waals surface area contributed by atoms with Crippen LogP contribution in [-0.4, -0.2) is 10.2 Å². The van der Waals surface area contributed by atoms with Crippen LogP contribution in [-0.2, 0) is 13.2 Å². The third-order valence-corrected chi connectivity index (χ3v) is 3.55. The molecule has 4 heteroatoms. The smallest absolute Gasteiger partial charge is 0.132 e. The van der Waals surface area contributed by atoms with E-state index in [0.717, 1.165) is 11.1 Å². The molecule has 0 atom stereocenters. The van der Waals surface area contributed by atoms with Crippen LogP contribution in [0.25, 0.3) is 0 Å². The van der Waals surface area contributed by atoms with Crippen molar-refractivity contribution in [1.29, 1.82) is 0 Å². The van der Waals surface area contributed by atoms with Crippen LogP contribution < -0.4 is 9.47 Å². The lowest BCUT2D eigenvalue weighted by atomic mass is 10.2. The number of ether oxygens (including phenoxy) is 2. The molecule has 4 nitrogen and oxygen atoms in total. The van der Waals surface area contributed by atoms with E-state index in [1.165, 1.54) is 0 Å². The summed E-state index contributed by atoms with van der Waals surface area (Å²) in [6.45, 7) is -0.174. The first kappa shape index (κ1) is 16.1. The van der Waals surface area contributed by atoms with E-state index in [-0.39, 0.29) is 13.2 Å².